The fraction of sp³-hybridized carbons (Fsp3) is 0.800. The third kappa shape index (κ3) is 1.74. The molecule has 0 spiro atoms. The summed E-state index contributed by atoms with van der Waals surface area (Å²) in [4.78, 5) is 24.2. The molecule has 0 saturated carbocycles. The largest absolute Gasteiger partial charge is 0.447 e. The van der Waals surface area contributed by atoms with Gasteiger partial charge in [-0.25, -0.2) is 0 Å². The van der Waals surface area contributed by atoms with E-state index in [-0.39, 0.29) is 11.4 Å². The zero-order chi connectivity index (χ0) is 11.1. The van der Waals surface area contributed by atoms with Gasteiger partial charge in [0.1, 0.15) is 0 Å². The maximum atomic E-state index is 11.7. The molecule has 0 aliphatic carbocycles. The molecule has 0 aromatic heterocycles. The average molecular weight is 199 g/mol. The van der Waals surface area contributed by atoms with Gasteiger partial charge >= 0.3 is 5.97 Å². The molecule has 1 amide bonds. The van der Waals surface area contributed by atoms with Crippen LogP contribution in [0.15, 0.2) is 0 Å². The standard InChI is InChI=1S/C10H17NO3/c1-7(12)14-10(5)6-11(8(10)13)9(2,3)4/h6H2,1-5H3/t10-/m0/s1. The van der Waals surface area contributed by atoms with Crippen LogP contribution in [0.5, 0.6) is 0 Å². The Morgan fingerprint density at radius 2 is 2.00 bits per heavy atom. The molecule has 4 nitrogen and oxygen atoms in total. The van der Waals surface area contributed by atoms with Gasteiger partial charge in [-0.1, -0.05) is 0 Å². The number of amides is 1. The first-order valence-corrected chi connectivity index (χ1v) is 4.68. The molecule has 0 unspecified atom stereocenters. The molecule has 0 radical (unpaired) electrons. The van der Waals surface area contributed by atoms with Crippen LogP contribution in [-0.4, -0.2) is 34.5 Å². The Morgan fingerprint density at radius 3 is 2.29 bits per heavy atom. The number of carbonyl (C=O) groups is 2. The van der Waals surface area contributed by atoms with Crippen molar-refractivity contribution in [3.05, 3.63) is 0 Å². The second-order valence-corrected chi connectivity index (χ2v) is 4.89. The molecule has 1 saturated heterocycles. The average Bonchev–Trinajstić information content (AvgIpc) is 1.97. The van der Waals surface area contributed by atoms with Gasteiger partial charge in [-0.15, -0.1) is 0 Å². The van der Waals surface area contributed by atoms with Crippen LogP contribution in [0.2, 0.25) is 0 Å². The normalized spacial score (nSPS) is 27.2. The number of esters is 1. The summed E-state index contributed by atoms with van der Waals surface area (Å²) < 4.78 is 4.98. The zero-order valence-corrected chi connectivity index (χ0v) is 9.38. The summed E-state index contributed by atoms with van der Waals surface area (Å²) in [6.07, 6.45) is 0. The smallest absolute Gasteiger partial charge is 0.303 e. The van der Waals surface area contributed by atoms with Gasteiger partial charge < -0.3 is 9.64 Å². The predicted molar refractivity (Wildman–Crippen MR) is 51.6 cm³/mol. The van der Waals surface area contributed by atoms with Gasteiger partial charge in [0.25, 0.3) is 5.91 Å². The fourth-order valence-electron chi connectivity index (χ4n) is 1.57. The van der Waals surface area contributed by atoms with Crippen LogP contribution < -0.4 is 0 Å². The number of β-lactam (4-membered cyclic amide) rings is 1. The van der Waals surface area contributed by atoms with E-state index in [0.717, 1.165) is 0 Å². The summed E-state index contributed by atoms with van der Waals surface area (Å²) in [5.41, 5.74) is -1.13. The molecule has 0 N–H and O–H groups in total. The van der Waals surface area contributed by atoms with E-state index in [1.165, 1.54) is 6.92 Å². The molecule has 14 heavy (non-hydrogen) atoms. The molecular formula is C10H17NO3. The van der Waals surface area contributed by atoms with Crippen LogP contribution in [0.4, 0.5) is 0 Å². The van der Waals surface area contributed by atoms with Gasteiger partial charge in [0.05, 0.1) is 6.54 Å². The summed E-state index contributed by atoms with van der Waals surface area (Å²) in [5, 5.41) is 0. The topological polar surface area (TPSA) is 46.6 Å². The number of rotatable bonds is 1. The summed E-state index contributed by atoms with van der Waals surface area (Å²) in [6.45, 7) is 9.32. The van der Waals surface area contributed by atoms with Crippen molar-refractivity contribution < 1.29 is 14.3 Å². The van der Waals surface area contributed by atoms with Gasteiger partial charge in [0.15, 0.2) is 0 Å². The van der Waals surface area contributed by atoms with Crippen molar-refractivity contribution in [2.24, 2.45) is 0 Å². The first-order chi connectivity index (χ1) is 6.17. The summed E-state index contributed by atoms with van der Waals surface area (Å²) in [6, 6.07) is 0. The Labute approximate surface area is 84.2 Å². The van der Waals surface area contributed by atoms with E-state index in [1.807, 2.05) is 20.8 Å². The molecule has 1 rings (SSSR count). The number of nitrogens with zero attached hydrogens (tertiary/aromatic N) is 1. The van der Waals surface area contributed by atoms with Crippen LogP contribution in [0.1, 0.15) is 34.6 Å². The monoisotopic (exact) mass is 199 g/mol. The second kappa shape index (κ2) is 2.97. The Morgan fingerprint density at radius 1 is 1.50 bits per heavy atom. The molecule has 1 aliphatic rings. The zero-order valence-electron chi connectivity index (χ0n) is 9.38. The highest BCUT2D eigenvalue weighted by Crippen LogP contribution is 2.32. The van der Waals surface area contributed by atoms with Gasteiger partial charge in [-0.05, 0) is 27.7 Å². The Bertz CT molecular complexity index is 280. The minimum atomic E-state index is -0.931. The number of likely N-dealkylation sites (tertiary alicyclic amines) is 1. The SMILES string of the molecule is CC(=O)O[C@@]1(C)CN(C(C)(C)C)C1=O. The number of hydrogen-bond donors (Lipinski definition) is 0. The lowest BCUT2D eigenvalue weighted by atomic mass is 9.88. The van der Waals surface area contributed by atoms with E-state index in [9.17, 15) is 9.59 Å². The van der Waals surface area contributed by atoms with Gasteiger partial charge in [-0.2, -0.15) is 0 Å². The Hall–Kier alpha value is -1.06. The van der Waals surface area contributed by atoms with Crippen LogP contribution in [0.25, 0.3) is 0 Å². The first kappa shape index (κ1) is 11.0. The Balaban J connectivity index is 2.68. The van der Waals surface area contributed by atoms with Crippen molar-refractivity contribution in [1.82, 2.24) is 4.90 Å². The van der Waals surface area contributed by atoms with Crippen molar-refractivity contribution >= 4 is 11.9 Å². The lowest BCUT2D eigenvalue weighted by Crippen LogP contribution is -2.71. The second-order valence-electron chi connectivity index (χ2n) is 4.89. The highest BCUT2D eigenvalue weighted by Gasteiger charge is 2.54. The quantitative estimate of drug-likeness (QED) is 0.466. The molecule has 1 aliphatic heterocycles. The van der Waals surface area contributed by atoms with Crippen LogP contribution in [0.3, 0.4) is 0 Å². The molecular weight excluding hydrogens is 182 g/mol. The minimum absolute atomic E-state index is 0.111. The molecule has 0 bridgehead atoms. The number of hydrogen-bond acceptors (Lipinski definition) is 3. The van der Waals surface area contributed by atoms with Crippen molar-refractivity contribution in [2.75, 3.05) is 6.54 Å². The van der Waals surface area contributed by atoms with Crippen LogP contribution in [0, 0.1) is 0 Å². The van der Waals surface area contributed by atoms with Crippen LogP contribution in [-0.2, 0) is 14.3 Å². The fourth-order valence-corrected chi connectivity index (χ4v) is 1.57. The lowest BCUT2D eigenvalue weighted by molar-refractivity contribution is -0.197. The minimum Gasteiger partial charge on any atom is -0.447 e. The van der Waals surface area contributed by atoms with E-state index in [1.54, 1.807) is 11.8 Å². The maximum Gasteiger partial charge on any atom is 0.303 e. The molecule has 80 valence electrons. The lowest BCUT2D eigenvalue weighted by Gasteiger charge is -2.51. The molecule has 1 fully saturated rings. The summed E-state index contributed by atoms with van der Waals surface area (Å²) in [7, 11) is 0. The van der Waals surface area contributed by atoms with Crippen molar-refractivity contribution in [1.29, 1.82) is 0 Å². The van der Waals surface area contributed by atoms with Gasteiger partial charge in [-0.3, -0.25) is 9.59 Å². The third-order valence-corrected chi connectivity index (χ3v) is 2.34. The highest BCUT2D eigenvalue weighted by molar-refractivity contribution is 5.93. The number of carbonyl (C=O) groups excluding carboxylic acids is 2. The Kier molecular flexibility index (Phi) is 2.34. The summed E-state index contributed by atoms with van der Waals surface area (Å²) in [5.74, 6) is -0.519. The van der Waals surface area contributed by atoms with Crippen molar-refractivity contribution in [2.45, 2.75) is 45.8 Å². The maximum absolute atomic E-state index is 11.7. The molecule has 0 aromatic rings. The van der Waals surface area contributed by atoms with Gasteiger partial charge in [0.2, 0.25) is 5.60 Å². The van der Waals surface area contributed by atoms with E-state index in [2.05, 4.69) is 0 Å². The predicted octanol–water partition coefficient (Wildman–Crippen LogP) is 0.949. The van der Waals surface area contributed by atoms with E-state index in [0.29, 0.717) is 6.54 Å². The van der Waals surface area contributed by atoms with E-state index in [4.69, 9.17) is 4.74 Å². The van der Waals surface area contributed by atoms with Crippen molar-refractivity contribution in [3.8, 4) is 0 Å². The molecule has 0 aromatic carbocycles. The molecule has 1 atom stereocenters. The van der Waals surface area contributed by atoms with E-state index >= 15 is 0 Å². The van der Waals surface area contributed by atoms with E-state index < -0.39 is 11.6 Å². The third-order valence-electron chi connectivity index (χ3n) is 2.34. The summed E-state index contributed by atoms with van der Waals surface area (Å²) >= 11 is 0. The van der Waals surface area contributed by atoms with Crippen LogP contribution >= 0.6 is 0 Å². The highest BCUT2D eigenvalue weighted by atomic mass is 16.6. The van der Waals surface area contributed by atoms with Gasteiger partial charge in [0, 0.05) is 12.5 Å². The van der Waals surface area contributed by atoms with Crippen molar-refractivity contribution in [3.63, 3.8) is 0 Å². The molecule has 1 heterocycles. The first-order valence-electron chi connectivity index (χ1n) is 4.68. The molecule has 4 heteroatoms. The number of ether oxygens (including phenoxy) is 1.